The van der Waals surface area contributed by atoms with Crippen molar-refractivity contribution in [3.8, 4) is 0 Å². The Morgan fingerprint density at radius 1 is 1.15 bits per heavy atom. The van der Waals surface area contributed by atoms with Gasteiger partial charge in [-0.05, 0) is 24.3 Å². The summed E-state index contributed by atoms with van der Waals surface area (Å²) in [5.74, 6) is -1.02. The van der Waals surface area contributed by atoms with Crippen molar-refractivity contribution in [2.24, 2.45) is 4.99 Å². The zero-order chi connectivity index (χ0) is 18.8. The van der Waals surface area contributed by atoms with Gasteiger partial charge in [0.25, 0.3) is 5.91 Å². The molecule has 0 radical (unpaired) electrons. The van der Waals surface area contributed by atoms with E-state index in [-0.39, 0.29) is 12.1 Å². The monoisotopic (exact) mass is 428 g/mol. The molecule has 3 aromatic rings. The van der Waals surface area contributed by atoms with E-state index in [1.807, 2.05) is 0 Å². The second-order valence-electron chi connectivity index (χ2n) is 5.18. The SMILES string of the molecule is COC(=O)Cn1c(=NC(=O)c2ccccc2Cl)sc2cc(Cl)cc(Cl)c21. The Balaban J connectivity index is 2.22. The van der Waals surface area contributed by atoms with Gasteiger partial charge in [-0.2, -0.15) is 4.99 Å². The first kappa shape index (κ1) is 18.9. The first-order chi connectivity index (χ1) is 12.4. The van der Waals surface area contributed by atoms with Crippen LogP contribution in [0.2, 0.25) is 15.1 Å². The minimum absolute atomic E-state index is 0.146. The minimum atomic E-state index is -0.525. The molecule has 134 valence electrons. The number of carbonyl (C=O) groups is 2. The second kappa shape index (κ2) is 7.80. The van der Waals surface area contributed by atoms with Crippen molar-refractivity contribution in [2.75, 3.05) is 7.11 Å². The molecule has 0 atom stereocenters. The van der Waals surface area contributed by atoms with Gasteiger partial charge in [0.15, 0.2) is 4.80 Å². The van der Waals surface area contributed by atoms with Crippen molar-refractivity contribution in [3.63, 3.8) is 0 Å². The van der Waals surface area contributed by atoms with Crippen molar-refractivity contribution in [1.29, 1.82) is 0 Å². The number of fused-ring (bicyclic) bond motifs is 1. The Kier molecular flexibility index (Phi) is 5.67. The van der Waals surface area contributed by atoms with Crippen LogP contribution in [-0.4, -0.2) is 23.6 Å². The molecule has 0 N–H and O–H groups in total. The van der Waals surface area contributed by atoms with E-state index in [4.69, 9.17) is 39.5 Å². The van der Waals surface area contributed by atoms with Crippen LogP contribution in [0.15, 0.2) is 41.4 Å². The van der Waals surface area contributed by atoms with Gasteiger partial charge < -0.3 is 9.30 Å². The largest absolute Gasteiger partial charge is 0.468 e. The van der Waals surface area contributed by atoms with Gasteiger partial charge in [0, 0.05) is 5.02 Å². The van der Waals surface area contributed by atoms with Crippen LogP contribution in [-0.2, 0) is 16.1 Å². The lowest BCUT2D eigenvalue weighted by atomic mass is 10.2. The molecule has 0 aliphatic rings. The Labute approximate surface area is 167 Å². The van der Waals surface area contributed by atoms with Crippen molar-refractivity contribution in [1.82, 2.24) is 4.57 Å². The normalized spacial score (nSPS) is 11.8. The van der Waals surface area contributed by atoms with E-state index in [9.17, 15) is 9.59 Å². The number of esters is 1. The molecule has 0 saturated carbocycles. The molecule has 5 nitrogen and oxygen atoms in total. The lowest BCUT2D eigenvalue weighted by Crippen LogP contribution is -2.22. The first-order valence-corrected chi connectivity index (χ1v) is 9.24. The molecule has 0 spiro atoms. The van der Waals surface area contributed by atoms with Crippen molar-refractivity contribution < 1.29 is 14.3 Å². The third kappa shape index (κ3) is 3.78. The Morgan fingerprint density at radius 2 is 1.88 bits per heavy atom. The zero-order valence-electron chi connectivity index (χ0n) is 13.3. The van der Waals surface area contributed by atoms with Crippen LogP contribution < -0.4 is 4.80 Å². The summed E-state index contributed by atoms with van der Waals surface area (Å²) in [7, 11) is 1.28. The highest BCUT2D eigenvalue weighted by atomic mass is 35.5. The van der Waals surface area contributed by atoms with E-state index in [0.717, 1.165) is 0 Å². The molecule has 26 heavy (non-hydrogen) atoms. The average Bonchev–Trinajstić information content (AvgIpc) is 2.92. The standard InChI is InChI=1S/C17H11Cl3N2O3S/c1-25-14(23)8-22-15-12(20)6-9(18)7-13(15)26-17(22)21-16(24)10-4-2-3-5-11(10)19/h2-7H,8H2,1H3. The Morgan fingerprint density at radius 3 is 2.58 bits per heavy atom. The van der Waals surface area contributed by atoms with Crippen LogP contribution >= 0.6 is 46.1 Å². The third-order valence-corrected chi connectivity index (χ3v) is 5.37. The van der Waals surface area contributed by atoms with Gasteiger partial charge in [0.05, 0.1) is 32.9 Å². The highest BCUT2D eigenvalue weighted by Gasteiger charge is 2.16. The number of amides is 1. The van der Waals surface area contributed by atoms with Crippen molar-refractivity contribution in [2.45, 2.75) is 6.54 Å². The predicted molar refractivity (Wildman–Crippen MR) is 103 cm³/mol. The second-order valence-corrected chi connectivity index (χ2v) is 7.44. The summed E-state index contributed by atoms with van der Waals surface area (Å²) in [6.45, 7) is -0.146. The van der Waals surface area contributed by atoms with Gasteiger partial charge in [-0.1, -0.05) is 58.3 Å². The van der Waals surface area contributed by atoms with E-state index >= 15 is 0 Å². The maximum absolute atomic E-state index is 12.5. The number of carbonyl (C=O) groups excluding carboxylic acids is 2. The summed E-state index contributed by atoms with van der Waals surface area (Å²) in [5, 5.41) is 1.08. The minimum Gasteiger partial charge on any atom is -0.468 e. The molecule has 1 heterocycles. The van der Waals surface area contributed by atoms with Crippen LogP contribution in [0.25, 0.3) is 10.2 Å². The Bertz CT molecular complexity index is 1090. The molecule has 0 unspecified atom stereocenters. The zero-order valence-corrected chi connectivity index (χ0v) is 16.4. The van der Waals surface area contributed by atoms with E-state index in [2.05, 4.69) is 4.99 Å². The van der Waals surface area contributed by atoms with E-state index in [1.165, 1.54) is 23.0 Å². The van der Waals surface area contributed by atoms with Crippen LogP contribution in [0.1, 0.15) is 10.4 Å². The van der Waals surface area contributed by atoms with Gasteiger partial charge in [-0.3, -0.25) is 9.59 Å². The van der Waals surface area contributed by atoms with Gasteiger partial charge in [0.2, 0.25) is 0 Å². The fraction of sp³-hybridized carbons (Fsp3) is 0.118. The molecule has 0 aliphatic carbocycles. The first-order valence-electron chi connectivity index (χ1n) is 7.29. The molecule has 0 aliphatic heterocycles. The molecular formula is C17H11Cl3N2O3S. The number of hydrogen-bond donors (Lipinski definition) is 0. The van der Waals surface area contributed by atoms with Crippen LogP contribution in [0.5, 0.6) is 0 Å². The van der Waals surface area contributed by atoms with Gasteiger partial charge in [-0.25, -0.2) is 0 Å². The maximum atomic E-state index is 12.5. The fourth-order valence-electron chi connectivity index (χ4n) is 2.34. The summed E-state index contributed by atoms with van der Waals surface area (Å²) in [5.41, 5.74) is 0.817. The summed E-state index contributed by atoms with van der Waals surface area (Å²) in [6, 6.07) is 9.85. The average molecular weight is 430 g/mol. The Hall–Kier alpha value is -1.86. The summed E-state index contributed by atoms with van der Waals surface area (Å²) in [6.07, 6.45) is 0. The molecule has 0 fully saturated rings. The predicted octanol–water partition coefficient (Wildman–Crippen LogP) is 4.58. The molecular weight excluding hydrogens is 419 g/mol. The number of rotatable bonds is 3. The molecule has 0 bridgehead atoms. The van der Waals surface area contributed by atoms with Gasteiger partial charge >= 0.3 is 5.97 Å². The van der Waals surface area contributed by atoms with E-state index in [0.29, 0.717) is 30.1 Å². The summed E-state index contributed by atoms with van der Waals surface area (Å²) in [4.78, 5) is 28.8. The number of aromatic nitrogens is 1. The lowest BCUT2D eigenvalue weighted by molar-refractivity contribution is -0.141. The maximum Gasteiger partial charge on any atom is 0.325 e. The smallest absolute Gasteiger partial charge is 0.325 e. The number of nitrogens with zero attached hydrogens (tertiary/aromatic N) is 2. The quantitative estimate of drug-likeness (QED) is 0.573. The van der Waals surface area contributed by atoms with Crippen LogP contribution in [0, 0.1) is 0 Å². The molecule has 1 aromatic heterocycles. The molecule has 0 saturated heterocycles. The van der Waals surface area contributed by atoms with E-state index < -0.39 is 11.9 Å². The number of ether oxygens (including phenoxy) is 1. The number of benzene rings is 2. The third-order valence-electron chi connectivity index (χ3n) is 3.51. The van der Waals surface area contributed by atoms with Gasteiger partial charge in [0.1, 0.15) is 6.54 Å². The topological polar surface area (TPSA) is 60.7 Å². The number of halogens is 3. The van der Waals surface area contributed by atoms with Gasteiger partial charge in [-0.15, -0.1) is 0 Å². The lowest BCUT2D eigenvalue weighted by Gasteiger charge is -2.05. The fourth-order valence-corrected chi connectivity index (χ4v) is 4.36. The number of methoxy groups -OCH3 is 1. The summed E-state index contributed by atoms with van der Waals surface area (Å²) < 4.78 is 6.95. The molecule has 3 rings (SSSR count). The van der Waals surface area contributed by atoms with E-state index in [1.54, 1.807) is 36.4 Å². The molecule has 9 heteroatoms. The van der Waals surface area contributed by atoms with Crippen LogP contribution in [0.3, 0.4) is 0 Å². The van der Waals surface area contributed by atoms with Crippen molar-refractivity contribution in [3.05, 3.63) is 61.8 Å². The highest BCUT2D eigenvalue weighted by molar-refractivity contribution is 7.16. The summed E-state index contributed by atoms with van der Waals surface area (Å²) >= 11 is 19.6. The van der Waals surface area contributed by atoms with Crippen LogP contribution in [0.4, 0.5) is 0 Å². The molecule has 1 amide bonds. The highest BCUT2D eigenvalue weighted by Crippen LogP contribution is 2.30. The van der Waals surface area contributed by atoms with Crippen molar-refractivity contribution >= 4 is 68.2 Å². The number of thiazole rings is 1. The number of hydrogen-bond acceptors (Lipinski definition) is 4. The molecule has 2 aromatic carbocycles.